The van der Waals surface area contributed by atoms with Crippen molar-refractivity contribution in [2.75, 3.05) is 0 Å². The highest BCUT2D eigenvalue weighted by Crippen LogP contribution is 2.52. The van der Waals surface area contributed by atoms with Gasteiger partial charge in [0.1, 0.15) is 17.2 Å². The zero-order valence-corrected chi connectivity index (χ0v) is 19.6. The van der Waals surface area contributed by atoms with Crippen LogP contribution in [0.1, 0.15) is 38.9 Å². The molecular formula is C25H29O4P. The second-order valence-corrected chi connectivity index (χ2v) is 9.38. The molecule has 0 aliphatic rings. The highest BCUT2D eigenvalue weighted by Gasteiger charge is 2.35. The van der Waals surface area contributed by atoms with Gasteiger partial charge in [0.15, 0.2) is 0 Å². The summed E-state index contributed by atoms with van der Waals surface area (Å²) in [5, 5.41) is 0. The van der Waals surface area contributed by atoms with Gasteiger partial charge in [-0.05, 0) is 82.3 Å². The van der Waals surface area contributed by atoms with Crippen LogP contribution in [0.2, 0.25) is 0 Å². The third kappa shape index (κ3) is 4.88. The monoisotopic (exact) mass is 424 g/mol. The Bertz CT molecular complexity index is 1090. The van der Waals surface area contributed by atoms with Crippen LogP contribution in [0.4, 0.5) is 0 Å². The lowest BCUT2D eigenvalue weighted by Gasteiger charge is -2.23. The van der Waals surface area contributed by atoms with E-state index < -0.39 is 7.82 Å². The van der Waals surface area contributed by atoms with Gasteiger partial charge in [-0.2, -0.15) is 4.57 Å². The van der Waals surface area contributed by atoms with E-state index in [9.17, 15) is 4.57 Å². The fourth-order valence-corrected chi connectivity index (χ4v) is 5.14. The normalized spacial score (nSPS) is 12.9. The lowest BCUT2D eigenvalue weighted by atomic mass is 10.1. The summed E-state index contributed by atoms with van der Waals surface area (Å²) in [6, 6.07) is 15.4. The van der Waals surface area contributed by atoms with Crippen molar-refractivity contribution < 1.29 is 18.1 Å². The molecule has 0 aliphatic heterocycles. The van der Waals surface area contributed by atoms with Crippen LogP contribution in [-0.2, 0) is 4.57 Å². The summed E-state index contributed by atoms with van der Waals surface area (Å²) < 4.78 is 32.0. The van der Waals surface area contributed by atoms with Crippen LogP contribution in [0.5, 0.6) is 17.2 Å². The molecule has 1 atom stereocenters. The Morgan fingerprint density at radius 3 is 1.60 bits per heavy atom. The van der Waals surface area contributed by atoms with Gasteiger partial charge in [-0.3, -0.25) is 0 Å². The first-order chi connectivity index (χ1) is 14.1. The Balaban J connectivity index is 2.07. The quantitative estimate of drug-likeness (QED) is 0.385. The number of benzene rings is 3. The standard InChI is InChI=1S/C25H29O4P/c1-16-11-12-23(20(5)13-16)27-30(26,28-24-18(3)9-8-10-19(24)4)29-25-21(6)14-17(2)15-22(25)7/h8-15H,1-7H3. The van der Waals surface area contributed by atoms with E-state index in [-0.39, 0.29) is 0 Å². The number of hydrogen-bond acceptors (Lipinski definition) is 4. The summed E-state index contributed by atoms with van der Waals surface area (Å²) in [7, 11) is -4.05. The highest BCUT2D eigenvalue weighted by molar-refractivity contribution is 7.49. The number of aryl methyl sites for hydroxylation is 7. The van der Waals surface area contributed by atoms with Gasteiger partial charge in [0.25, 0.3) is 0 Å². The van der Waals surface area contributed by atoms with Crippen LogP contribution in [-0.4, -0.2) is 0 Å². The zero-order valence-electron chi connectivity index (χ0n) is 18.7. The van der Waals surface area contributed by atoms with Crippen molar-refractivity contribution in [2.45, 2.75) is 48.5 Å². The van der Waals surface area contributed by atoms with Gasteiger partial charge in [-0.25, -0.2) is 0 Å². The predicted molar refractivity (Wildman–Crippen MR) is 122 cm³/mol. The molecule has 0 spiro atoms. The van der Waals surface area contributed by atoms with E-state index in [4.69, 9.17) is 13.6 Å². The van der Waals surface area contributed by atoms with Gasteiger partial charge in [0.05, 0.1) is 0 Å². The van der Waals surface area contributed by atoms with Gasteiger partial charge in [-0.15, -0.1) is 0 Å². The summed E-state index contributed by atoms with van der Waals surface area (Å²) in [6.07, 6.45) is 0. The third-order valence-corrected chi connectivity index (χ3v) is 6.19. The molecule has 0 aliphatic carbocycles. The molecular weight excluding hydrogens is 395 g/mol. The Labute approximate surface area is 179 Å². The second-order valence-electron chi connectivity index (χ2n) is 7.94. The molecule has 1 unspecified atom stereocenters. The molecule has 0 fully saturated rings. The lowest BCUT2D eigenvalue weighted by molar-refractivity contribution is 0.295. The number of phosphoric ester groups is 1. The Kier molecular flexibility index (Phi) is 6.28. The molecule has 3 aromatic rings. The van der Waals surface area contributed by atoms with Crippen molar-refractivity contribution in [3.63, 3.8) is 0 Å². The number of rotatable bonds is 6. The maximum absolute atomic E-state index is 14.0. The van der Waals surface area contributed by atoms with E-state index in [1.165, 1.54) is 0 Å². The van der Waals surface area contributed by atoms with E-state index >= 15 is 0 Å². The highest BCUT2D eigenvalue weighted by atomic mass is 31.2. The van der Waals surface area contributed by atoms with E-state index in [2.05, 4.69) is 0 Å². The van der Waals surface area contributed by atoms with Gasteiger partial charge in [-0.1, -0.05) is 53.6 Å². The molecule has 3 rings (SSSR count). The largest absolute Gasteiger partial charge is 0.647 e. The predicted octanol–water partition coefficient (Wildman–Crippen LogP) is 7.49. The van der Waals surface area contributed by atoms with Crippen molar-refractivity contribution in [3.8, 4) is 17.2 Å². The van der Waals surface area contributed by atoms with Crippen molar-refractivity contribution >= 4 is 7.82 Å². The minimum absolute atomic E-state index is 0.470. The molecule has 0 aromatic heterocycles. The fraction of sp³-hybridized carbons (Fsp3) is 0.280. The van der Waals surface area contributed by atoms with Crippen LogP contribution in [0.3, 0.4) is 0 Å². The molecule has 5 heteroatoms. The van der Waals surface area contributed by atoms with E-state index in [0.717, 1.165) is 38.9 Å². The number of hydrogen-bond donors (Lipinski definition) is 0. The third-order valence-electron chi connectivity index (χ3n) is 4.96. The van der Waals surface area contributed by atoms with Gasteiger partial charge < -0.3 is 13.6 Å². The molecule has 0 N–H and O–H groups in total. The Hall–Kier alpha value is -2.71. The van der Waals surface area contributed by atoms with Crippen LogP contribution in [0, 0.1) is 48.5 Å². The summed E-state index contributed by atoms with van der Waals surface area (Å²) in [5.41, 5.74) is 6.54. The molecule has 0 saturated carbocycles. The topological polar surface area (TPSA) is 44.8 Å². The van der Waals surface area contributed by atoms with Crippen molar-refractivity contribution in [1.82, 2.24) is 0 Å². The van der Waals surface area contributed by atoms with Gasteiger partial charge in [0, 0.05) is 0 Å². The molecule has 4 nitrogen and oxygen atoms in total. The van der Waals surface area contributed by atoms with Crippen LogP contribution in [0.25, 0.3) is 0 Å². The summed E-state index contributed by atoms with van der Waals surface area (Å²) in [5.74, 6) is 1.49. The molecule has 158 valence electrons. The summed E-state index contributed by atoms with van der Waals surface area (Å²) >= 11 is 0. The summed E-state index contributed by atoms with van der Waals surface area (Å²) in [4.78, 5) is 0. The van der Waals surface area contributed by atoms with Gasteiger partial charge in [0.2, 0.25) is 0 Å². The van der Waals surface area contributed by atoms with Crippen LogP contribution >= 0.6 is 7.82 Å². The number of para-hydroxylation sites is 1. The molecule has 3 aromatic carbocycles. The average molecular weight is 424 g/mol. The molecule has 0 amide bonds. The van der Waals surface area contributed by atoms with E-state index in [0.29, 0.717) is 17.2 Å². The van der Waals surface area contributed by atoms with Crippen molar-refractivity contribution in [2.24, 2.45) is 0 Å². The molecule has 0 saturated heterocycles. The maximum Gasteiger partial charge on any atom is 0.647 e. The second kappa shape index (κ2) is 8.57. The lowest BCUT2D eigenvalue weighted by Crippen LogP contribution is -2.11. The first kappa shape index (κ1) is 22.0. The minimum atomic E-state index is -4.05. The van der Waals surface area contributed by atoms with Crippen molar-refractivity contribution in [1.29, 1.82) is 0 Å². The Morgan fingerprint density at radius 1 is 0.567 bits per heavy atom. The zero-order chi connectivity index (χ0) is 22.1. The average Bonchev–Trinajstić information content (AvgIpc) is 2.64. The minimum Gasteiger partial charge on any atom is -0.386 e. The molecule has 30 heavy (non-hydrogen) atoms. The van der Waals surface area contributed by atoms with Crippen LogP contribution in [0.15, 0.2) is 48.5 Å². The Morgan fingerprint density at radius 2 is 1.07 bits per heavy atom. The van der Waals surface area contributed by atoms with Crippen molar-refractivity contribution in [3.05, 3.63) is 87.5 Å². The number of phosphoric acid groups is 1. The fourth-order valence-electron chi connectivity index (χ4n) is 3.56. The molecule has 0 bridgehead atoms. The molecule has 0 heterocycles. The van der Waals surface area contributed by atoms with E-state index in [1.54, 1.807) is 6.07 Å². The smallest absolute Gasteiger partial charge is 0.386 e. The van der Waals surface area contributed by atoms with Gasteiger partial charge >= 0.3 is 7.82 Å². The first-order valence-corrected chi connectivity index (χ1v) is 11.4. The molecule has 0 radical (unpaired) electrons. The SMILES string of the molecule is Cc1ccc(OP(=O)(Oc2c(C)cccc2C)Oc2c(C)cc(C)cc2C)c(C)c1. The maximum atomic E-state index is 14.0. The first-order valence-electron chi connectivity index (χ1n) is 9.98. The van der Waals surface area contributed by atoms with Crippen LogP contribution < -0.4 is 13.6 Å². The van der Waals surface area contributed by atoms with E-state index in [1.807, 2.05) is 90.9 Å². The summed E-state index contributed by atoms with van der Waals surface area (Å²) in [6.45, 7) is 13.6.